The molecule has 0 aromatic heterocycles. The molecule has 3 nitrogen and oxygen atoms in total. The molecule has 0 amide bonds. The minimum atomic E-state index is -0.392. The van der Waals surface area contributed by atoms with Crippen LogP contribution in [-0.2, 0) is 4.79 Å². The summed E-state index contributed by atoms with van der Waals surface area (Å²) in [5.74, 6) is 0.284. The van der Waals surface area contributed by atoms with E-state index < -0.39 is 6.10 Å². The van der Waals surface area contributed by atoms with E-state index in [2.05, 4.69) is 5.32 Å². The molecule has 2 atom stereocenters. The minimum Gasteiger partial charge on any atom is -0.392 e. The molecular weight excluding hydrogens is 142 g/mol. The van der Waals surface area contributed by atoms with Crippen LogP contribution in [-0.4, -0.2) is 30.1 Å². The third-order valence-electron chi connectivity index (χ3n) is 1.51. The van der Waals surface area contributed by atoms with Gasteiger partial charge >= 0.3 is 0 Å². The molecule has 0 saturated heterocycles. The second kappa shape index (κ2) is 5.27. The predicted octanol–water partition coefficient (Wildman–Crippen LogP) is 0.180. The lowest BCUT2D eigenvalue weighted by atomic mass is 10.1. The molecule has 0 rings (SSSR count). The third kappa shape index (κ3) is 4.93. The molecule has 1 unspecified atom stereocenters. The van der Waals surface area contributed by atoms with Crippen molar-refractivity contribution in [3.63, 3.8) is 0 Å². The number of hydrogen-bond donors (Lipinski definition) is 2. The largest absolute Gasteiger partial charge is 0.392 e. The van der Waals surface area contributed by atoms with E-state index in [4.69, 9.17) is 5.11 Å². The van der Waals surface area contributed by atoms with Gasteiger partial charge in [-0.3, -0.25) is 0 Å². The van der Waals surface area contributed by atoms with E-state index in [9.17, 15) is 4.79 Å². The number of aliphatic hydroxyl groups is 1. The Labute approximate surface area is 67.8 Å². The number of hydrogen-bond acceptors (Lipinski definition) is 3. The first-order valence-electron chi connectivity index (χ1n) is 3.94. The second-order valence-corrected chi connectivity index (χ2v) is 3.16. The molecule has 0 spiro atoms. The standard InChI is InChI=1S/C8H17NO2/c1-6(2)8(5-10)9-4-7(3)11/h5-9,11H,4H2,1-3H3/t7?,8-/m1/s1. The van der Waals surface area contributed by atoms with E-state index in [1.807, 2.05) is 13.8 Å². The molecule has 0 aliphatic carbocycles. The smallest absolute Gasteiger partial charge is 0.137 e. The molecule has 0 aromatic carbocycles. The summed E-state index contributed by atoms with van der Waals surface area (Å²) in [5, 5.41) is 11.9. The summed E-state index contributed by atoms with van der Waals surface area (Å²) in [4.78, 5) is 10.4. The van der Waals surface area contributed by atoms with Crippen LogP contribution < -0.4 is 5.32 Å². The molecule has 66 valence electrons. The lowest BCUT2D eigenvalue weighted by Crippen LogP contribution is -2.39. The van der Waals surface area contributed by atoms with Crippen LogP contribution in [0.3, 0.4) is 0 Å². The van der Waals surface area contributed by atoms with Crippen LogP contribution in [0.25, 0.3) is 0 Å². The van der Waals surface area contributed by atoms with Gasteiger partial charge in [0.25, 0.3) is 0 Å². The van der Waals surface area contributed by atoms with Gasteiger partial charge in [0.05, 0.1) is 12.1 Å². The highest BCUT2D eigenvalue weighted by Crippen LogP contribution is 1.97. The highest BCUT2D eigenvalue weighted by atomic mass is 16.3. The van der Waals surface area contributed by atoms with Crippen molar-refractivity contribution in [1.82, 2.24) is 5.32 Å². The predicted molar refractivity (Wildman–Crippen MR) is 44.4 cm³/mol. The Bertz CT molecular complexity index is 113. The Kier molecular flexibility index (Phi) is 5.07. The zero-order valence-electron chi connectivity index (χ0n) is 7.37. The number of carbonyl (C=O) groups excluding carboxylic acids is 1. The zero-order valence-corrected chi connectivity index (χ0v) is 7.37. The maximum absolute atomic E-state index is 10.4. The van der Waals surface area contributed by atoms with Gasteiger partial charge in [0, 0.05) is 6.54 Å². The van der Waals surface area contributed by atoms with Crippen molar-refractivity contribution in [2.24, 2.45) is 5.92 Å². The lowest BCUT2D eigenvalue weighted by Gasteiger charge is -2.16. The number of carbonyl (C=O) groups is 1. The first-order valence-corrected chi connectivity index (χ1v) is 3.94. The first kappa shape index (κ1) is 10.6. The highest BCUT2D eigenvalue weighted by molar-refractivity contribution is 5.57. The fraction of sp³-hybridized carbons (Fsp3) is 0.875. The molecule has 0 bridgehead atoms. The molecule has 0 fully saturated rings. The van der Waals surface area contributed by atoms with Crippen molar-refractivity contribution in [3.05, 3.63) is 0 Å². The zero-order chi connectivity index (χ0) is 8.85. The molecule has 0 aliphatic heterocycles. The van der Waals surface area contributed by atoms with Gasteiger partial charge in [-0.2, -0.15) is 0 Å². The SMILES string of the molecule is CC(O)CN[C@H](C=O)C(C)C. The monoisotopic (exact) mass is 159 g/mol. The van der Waals surface area contributed by atoms with Gasteiger partial charge in [0.15, 0.2) is 0 Å². The van der Waals surface area contributed by atoms with Crippen LogP contribution in [0, 0.1) is 5.92 Å². The van der Waals surface area contributed by atoms with Gasteiger partial charge in [-0.05, 0) is 12.8 Å². The topological polar surface area (TPSA) is 49.3 Å². The average Bonchev–Trinajstić information content (AvgIpc) is 1.87. The lowest BCUT2D eigenvalue weighted by molar-refractivity contribution is -0.110. The summed E-state index contributed by atoms with van der Waals surface area (Å²) >= 11 is 0. The number of rotatable bonds is 5. The molecule has 0 heterocycles. The number of aldehydes is 1. The summed E-state index contributed by atoms with van der Waals surface area (Å²) in [6.45, 7) is 6.10. The van der Waals surface area contributed by atoms with Crippen molar-refractivity contribution < 1.29 is 9.90 Å². The van der Waals surface area contributed by atoms with Gasteiger partial charge < -0.3 is 15.2 Å². The summed E-state index contributed by atoms with van der Waals surface area (Å²) in [6.07, 6.45) is 0.490. The van der Waals surface area contributed by atoms with E-state index in [1.165, 1.54) is 0 Å². The summed E-state index contributed by atoms with van der Waals surface area (Å²) in [5.41, 5.74) is 0. The van der Waals surface area contributed by atoms with E-state index in [-0.39, 0.29) is 12.0 Å². The van der Waals surface area contributed by atoms with Crippen LogP contribution in [0.2, 0.25) is 0 Å². The van der Waals surface area contributed by atoms with Crippen molar-refractivity contribution in [1.29, 1.82) is 0 Å². The quantitative estimate of drug-likeness (QED) is 0.563. The van der Waals surface area contributed by atoms with Crippen LogP contribution in [0.15, 0.2) is 0 Å². The van der Waals surface area contributed by atoms with Gasteiger partial charge in [-0.1, -0.05) is 13.8 Å². The van der Waals surface area contributed by atoms with Crippen molar-refractivity contribution in [2.75, 3.05) is 6.54 Å². The van der Waals surface area contributed by atoms with Gasteiger partial charge in [-0.25, -0.2) is 0 Å². The summed E-state index contributed by atoms with van der Waals surface area (Å²) in [6, 6.07) is -0.135. The van der Waals surface area contributed by atoms with Crippen molar-refractivity contribution >= 4 is 6.29 Å². The maximum Gasteiger partial charge on any atom is 0.137 e. The van der Waals surface area contributed by atoms with Crippen molar-refractivity contribution in [2.45, 2.75) is 32.9 Å². The Morgan fingerprint density at radius 2 is 2.00 bits per heavy atom. The minimum absolute atomic E-state index is 0.135. The van der Waals surface area contributed by atoms with Gasteiger partial charge in [0.1, 0.15) is 6.29 Å². The fourth-order valence-electron chi connectivity index (χ4n) is 0.748. The average molecular weight is 159 g/mol. The normalized spacial score (nSPS) is 16.5. The Morgan fingerprint density at radius 1 is 1.45 bits per heavy atom. The Balaban J connectivity index is 3.61. The first-order chi connectivity index (χ1) is 5.07. The van der Waals surface area contributed by atoms with Gasteiger partial charge in [0.2, 0.25) is 0 Å². The molecule has 2 N–H and O–H groups in total. The van der Waals surface area contributed by atoms with E-state index in [0.29, 0.717) is 6.54 Å². The third-order valence-corrected chi connectivity index (χ3v) is 1.51. The maximum atomic E-state index is 10.4. The van der Waals surface area contributed by atoms with Crippen LogP contribution in [0.5, 0.6) is 0 Å². The molecule has 3 heteroatoms. The molecule has 0 saturated carbocycles. The van der Waals surface area contributed by atoms with Gasteiger partial charge in [-0.15, -0.1) is 0 Å². The Hall–Kier alpha value is -0.410. The van der Waals surface area contributed by atoms with Crippen LogP contribution >= 0.6 is 0 Å². The summed E-state index contributed by atoms with van der Waals surface area (Å²) < 4.78 is 0. The molecule has 0 aromatic rings. The van der Waals surface area contributed by atoms with E-state index >= 15 is 0 Å². The molecule has 0 aliphatic rings. The molecular formula is C8H17NO2. The fourth-order valence-corrected chi connectivity index (χ4v) is 0.748. The highest BCUT2D eigenvalue weighted by Gasteiger charge is 2.11. The van der Waals surface area contributed by atoms with Crippen molar-refractivity contribution in [3.8, 4) is 0 Å². The second-order valence-electron chi connectivity index (χ2n) is 3.16. The van der Waals surface area contributed by atoms with Crippen LogP contribution in [0.1, 0.15) is 20.8 Å². The Morgan fingerprint density at radius 3 is 2.27 bits per heavy atom. The summed E-state index contributed by atoms with van der Waals surface area (Å²) in [7, 11) is 0. The molecule has 11 heavy (non-hydrogen) atoms. The van der Waals surface area contributed by atoms with E-state index in [0.717, 1.165) is 6.29 Å². The van der Waals surface area contributed by atoms with E-state index in [1.54, 1.807) is 6.92 Å². The number of nitrogens with one attached hydrogen (secondary N) is 1. The molecule has 0 radical (unpaired) electrons. The van der Waals surface area contributed by atoms with Crippen LogP contribution in [0.4, 0.5) is 0 Å². The number of aliphatic hydroxyl groups excluding tert-OH is 1.